The second-order valence-corrected chi connectivity index (χ2v) is 10.1. The predicted octanol–water partition coefficient (Wildman–Crippen LogP) is 1.82. The Morgan fingerprint density at radius 1 is 1.19 bits per heavy atom. The molecule has 4 rings (SSSR count). The fourth-order valence-electron chi connectivity index (χ4n) is 2.93. The molecule has 1 aromatic carbocycles. The number of amides is 1. The first-order valence-electron chi connectivity index (χ1n) is 8.27. The Morgan fingerprint density at radius 2 is 1.93 bits per heavy atom. The lowest BCUT2D eigenvalue weighted by atomic mass is 10.3. The van der Waals surface area contributed by atoms with Crippen molar-refractivity contribution in [2.24, 2.45) is 0 Å². The summed E-state index contributed by atoms with van der Waals surface area (Å²) < 4.78 is 28.1. The summed E-state index contributed by atoms with van der Waals surface area (Å²) in [6.07, 6.45) is 1.20. The first kappa shape index (κ1) is 18.3. The summed E-state index contributed by atoms with van der Waals surface area (Å²) in [5.41, 5.74) is 1.45. The van der Waals surface area contributed by atoms with E-state index in [0.29, 0.717) is 41.6 Å². The van der Waals surface area contributed by atoms with Crippen LogP contribution in [0.2, 0.25) is 0 Å². The standard InChI is InChI=1S/C16H17N5O3S3/c1-10-14(26-19-18-10)15(22)20-5-7-21(8-6-20)16-17-12-4-3-11(27(2,23)24)9-13(12)25-16/h3-4,9H,5-8H2,1-2H3. The highest BCUT2D eigenvalue weighted by Gasteiger charge is 2.26. The molecule has 0 unspecified atom stereocenters. The SMILES string of the molecule is Cc1nnsc1C(=O)N1CCN(c2nc3ccc(S(C)(=O)=O)cc3s2)CC1. The number of thiazole rings is 1. The fourth-order valence-corrected chi connectivity index (χ4v) is 5.33. The third kappa shape index (κ3) is 3.54. The number of anilines is 1. The monoisotopic (exact) mass is 423 g/mol. The van der Waals surface area contributed by atoms with Crippen molar-refractivity contribution >= 4 is 54.0 Å². The van der Waals surface area contributed by atoms with E-state index in [1.54, 1.807) is 25.1 Å². The molecule has 142 valence electrons. The zero-order chi connectivity index (χ0) is 19.2. The second-order valence-electron chi connectivity index (χ2n) is 6.36. The fraction of sp³-hybridized carbons (Fsp3) is 0.375. The summed E-state index contributed by atoms with van der Waals surface area (Å²) in [7, 11) is -3.24. The van der Waals surface area contributed by atoms with Crippen molar-refractivity contribution in [2.45, 2.75) is 11.8 Å². The van der Waals surface area contributed by atoms with Crippen LogP contribution in [0.1, 0.15) is 15.4 Å². The van der Waals surface area contributed by atoms with Gasteiger partial charge in [0.15, 0.2) is 15.0 Å². The maximum atomic E-state index is 12.6. The van der Waals surface area contributed by atoms with Crippen LogP contribution in [-0.2, 0) is 9.84 Å². The van der Waals surface area contributed by atoms with E-state index in [9.17, 15) is 13.2 Å². The van der Waals surface area contributed by atoms with Gasteiger partial charge in [-0.25, -0.2) is 13.4 Å². The van der Waals surface area contributed by atoms with Gasteiger partial charge in [-0.1, -0.05) is 15.8 Å². The number of carbonyl (C=O) groups excluding carboxylic acids is 1. The number of carbonyl (C=O) groups is 1. The van der Waals surface area contributed by atoms with Crippen LogP contribution < -0.4 is 4.90 Å². The minimum absolute atomic E-state index is 0.0238. The lowest BCUT2D eigenvalue weighted by molar-refractivity contribution is 0.0750. The number of fused-ring (bicyclic) bond motifs is 1. The molecule has 0 saturated carbocycles. The average Bonchev–Trinajstić information content (AvgIpc) is 3.25. The van der Waals surface area contributed by atoms with Crippen LogP contribution in [0.5, 0.6) is 0 Å². The summed E-state index contributed by atoms with van der Waals surface area (Å²) in [6, 6.07) is 5.00. The predicted molar refractivity (Wildman–Crippen MR) is 105 cm³/mol. The number of piperazine rings is 1. The van der Waals surface area contributed by atoms with Gasteiger partial charge in [-0.05, 0) is 36.7 Å². The highest BCUT2D eigenvalue weighted by molar-refractivity contribution is 7.90. The smallest absolute Gasteiger partial charge is 0.267 e. The molecule has 11 heteroatoms. The molecule has 27 heavy (non-hydrogen) atoms. The summed E-state index contributed by atoms with van der Waals surface area (Å²) in [6.45, 7) is 4.34. The van der Waals surface area contributed by atoms with Crippen LogP contribution in [-0.4, -0.2) is 66.2 Å². The van der Waals surface area contributed by atoms with Gasteiger partial charge in [0.1, 0.15) is 4.88 Å². The van der Waals surface area contributed by atoms with Crippen molar-refractivity contribution in [2.75, 3.05) is 37.3 Å². The van der Waals surface area contributed by atoms with E-state index in [1.807, 2.05) is 4.90 Å². The summed E-state index contributed by atoms with van der Waals surface area (Å²) in [4.78, 5) is 22.0. The Morgan fingerprint density at radius 3 is 2.56 bits per heavy atom. The van der Waals surface area contributed by atoms with Gasteiger partial charge >= 0.3 is 0 Å². The first-order chi connectivity index (χ1) is 12.8. The molecule has 3 aromatic rings. The first-order valence-corrected chi connectivity index (χ1v) is 11.7. The van der Waals surface area contributed by atoms with Crippen LogP contribution in [0, 0.1) is 6.92 Å². The molecule has 0 N–H and O–H groups in total. The van der Waals surface area contributed by atoms with Crippen LogP contribution in [0.4, 0.5) is 5.13 Å². The quantitative estimate of drug-likeness (QED) is 0.634. The molecule has 0 aliphatic carbocycles. The summed E-state index contributed by atoms with van der Waals surface area (Å²) >= 11 is 2.60. The molecule has 0 bridgehead atoms. The van der Waals surface area contributed by atoms with Crippen molar-refractivity contribution in [1.29, 1.82) is 0 Å². The Balaban J connectivity index is 1.49. The second kappa shape index (κ2) is 6.80. The topological polar surface area (TPSA) is 96.4 Å². The van der Waals surface area contributed by atoms with Crippen LogP contribution in [0.3, 0.4) is 0 Å². The molecule has 1 amide bonds. The van der Waals surface area contributed by atoms with Crippen molar-refractivity contribution < 1.29 is 13.2 Å². The Bertz CT molecular complexity index is 1110. The van der Waals surface area contributed by atoms with E-state index in [0.717, 1.165) is 26.9 Å². The lowest BCUT2D eigenvalue weighted by Crippen LogP contribution is -2.48. The Labute approximate surface area is 164 Å². The van der Waals surface area contributed by atoms with Crippen molar-refractivity contribution in [3.63, 3.8) is 0 Å². The van der Waals surface area contributed by atoms with E-state index in [2.05, 4.69) is 19.5 Å². The maximum absolute atomic E-state index is 12.6. The number of aryl methyl sites for hydroxylation is 1. The molecule has 1 saturated heterocycles. The molecule has 0 radical (unpaired) electrons. The van der Waals surface area contributed by atoms with Crippen molar-refractivity contribution in [3.8, 4) is 0 Å². The van der Waals surface area contributed by atoms with Gasteiger partial charge in [0.25, 0.3) is 5.91 Å². The average molecular weight is 424 g/mol. The van der Waals surface area contributed by atoms with Crippen LogP contribution >= 0.6 is 22.9 Å². The molecule has 3 heterocycles. The highest BCUT2D eigenvalue weighted by atomic mass is 32.2. The van der Waals surface area contributed by atoms with Gasteiger partial charge in [-0.2, -0.15) is 0 Å². The Hall–Kier alpha value is -2.11. The van der Waals surface area contributed by atoms with E-state index in [-0.39, 0.29) is 5.91 Å². The molecule has 2 aromatic heterocycles. The third-order valence-corrected chi connectivity index (χ3v) is 7.47. The van der Waals surface area contributed by atoms with E-state index < -0.39 is 9.84 Å². The maximum Gasteiger partial charge on any atom is 0.267 e. The van der Waals surface area contributed by atoms with Crippen molar-refractivity contribution in [1.82, 2.24) is 19.5 Å². The van der Waals surface area contributed by atoms with Crippen molar-refractivity contribution in [3.05, 3.63) is 28.8 Å². The number of hydrogen-bond acceptors (Lipinski definition) is 9. The molecule has 0 spiro atoms. The normalized spacial score (nSPS) is 15.5. The molecule has 1 aliphatic rings. The van der Waals surface area contributed by atoms with Gasteiger partial charge in [0.05, 0.1) is 20.8 Å². The van der Waals surface area contributed by atoms with E-state index in [4.69, 9.17) is 0 Å². The molecule has 1 fully saturated rings. The van der Waals surface area contributed by atoms with Gasteiger partial charge in [0.2, 0.25) is 0 Å². The van der Waals surface area contributed by atoms with Gasteiger partial charge < -0.3 is 9.80 Å². The summed E-state index contributed by atoms with van der Waals surface area (Å²) in [5.74, 6) is -0.0238. The number of hydrogen-bond donors (Lipinski definition) is 0. The number of rotatable bonds is 3. The zero-order valence-corrected chi connectivity index (χ0v) is 17.2. The number of sulfone groups is 1. The molecule has 1 aliphatic heterocycles. The highest BCUT2D eigenvalue weighted by Crippen LogP contribution is 2.31. The van der Waals surface area contributed by atoms with Gasteiger partial charge in [0, 0.05) is 32.4 Å². The summed E-state index contributed by atoms with van der Waals surface area (Å²) in [5, 5.41) is 4.75. The van der Waals surface area contributed by atoms with E-state index in [1.165, 1.54) is 17.6 Å². The van der Waals surface area contributed by atoms with Gasteiger partial charge in [-0.15, -0.1) is 5.10 Å². The number of benzene rings is 1. The lowest BCUT2D eigenvalue weighted by Gasteiger charge is -2.34. The Kier molecular flexibility index (Phi) is 4.60. The number of aromatic nitrogens is 3. The number of nitrogens with zero attached hydrogens (tertiary/aromatic N) is 5. The van der Waals surface area contributed by atoms with Crippen LogP contribution in [0.25, 0.3) is 10.2 Å². The van der Waals surface area contributed by atoms with Gasteiger partial charge in [-0.3, -0.25) is 4.79 Å². The largest absolute Gasteiger partial charge is 0.345 e. The zero-order valence-electron chi connectivity index (χ0n) is 14.7. The van der Waals surface area contributed by atoms with Crippen LogP contribution in [0.15, 0.2) is 23.1 Å². The van der Waals surface area contributed by atoms with E-state index >= 15 is 0 Å². The minimum Gasteiger partial charge on any atom is -0.345 e. The molecular weight excluding hydrogens is 406 g/mol. The molecule has 0 atom stereocenters. The minimum atomic E-state index is -3.24. The molecule has 8 nitrogen and oxygen atoms in total. The third-order valence-electron chi connectivity index (χ3n) is 4.46. The molecular formula is C16H17N5O3S3.